The fourth-order valence-corrected chi connectivity index (χ4v) is 2.28. The fraction of sp³-hybridized carbons (Fsp3) is 0.538. The van der Waals surface area contributed by atoms with E-state index in [0.717, 1.165) is 24.1 Å². The Morgan fingerprint density at radius 2 is 2.06 bits per heavy atom. The van der Waals surface area contributed by atoms with E-state index in [9.17, 15) is 0 Å². The van der Waals surface area contributed by atoms with Crippen molar-refractivity contribution in [1.82, 2.24) is 19.6 Å². The Morgan fingerprint density at radius 3 is 2.56 bits per heavy atom. The molecule has 2 aromatic heterocycles. The molecule has 0 spiro atoms. The fourth-order valence-electron chi connectivity index (χ4n) is 2.28. The van der Waals surface area contributed by atoms with Crippen LogP contribution in [0.15, 0.2) is 12.4 Å². The van der Waals surface area contributed by atoms with Gasteiger partial charge in [0, 0.05) is 37.6 Å². The summed E-state index contributed by atoms with van der Waals surface area (Å²) in [6, 6.07) is 0.0395. The van der Waals surface area contributed by atoms with E-state index < -0.39 is 0 Å². The maximum Gasteiger partial charge on any atom is 0.0628 e. The van der Waals surface area contributed by atoms with E-state index in [4.69, 9.17) is 5.73 Å². The minimum atomic E-state index is 0.0395. The Labute approximate surface area is 108 Å². The molecule has 2 rings (SSSR count). The third kappa shape index (κ3) is 2.46. The van der Waals surface area contributed by atoms with Gasteiger partial charge in [-0.05, 0) is 32.3 Å². The molecule has 1 atom stereocenters. The maximum atomic E-state index is 6.18. The molecule has 0 radical (unpaired) electrons. The standard InChI is InChI=1S/C13H21N5/c1-9-12(10(2)18(4)16-9)5-6-13(14)11-7-15-17(3)8-11/h7-8,13H,5-6,14H2,1-4H3. The van der Waals surface area contributed by atoms with Crippen molar-refractivity contribution in [2.45, 2.75) is 32.7 Å². The van der Waals surface area contributed by atoms with Gasteiger partial charge in [-0.25, -0.2) is 0 Å². The van der Waals surface area contributed by atoms with Crippen molar-refractivity contribution in [3.63, 3.8) is 0 Å². The molecule has 0 saturated heterocycles. The van der Waals surface area contributed by atoms with Gasteiger partial charge < -0.3 is 5.73 Å². The van der Waals surface area contributed by atoms with E-state index >= 15 is 0 Å². The van der Waals surface area contributed by atoms with Crippen LogP contribution in [0.5, 0.6) is 0 Å². The van der Waals surface area contributed by atoms with Gasteiger partial charge in [0.1, 0.15) is 0 Å². The lowest BCUT2D eigenvalue weighted by atomic mass is 10.0. The monoisotopic (exact) mass is 247 g/mol. The molecular formula is C13H21N5. The molecule has 5 nitrogen and oxygen atoms in total. The van der Waals surface area contributed by atoms with Crippen molar-refractivity contribution in [1.29, 1.82) is 0 Å². The van der Waals surface area contributed by atoms with Crippen molar-refractivity contribution in [2.24, 2.45) is 19.8 Å². The van der Waals surface area contributed by atoms with Crippen LogP contribution < -0.4 is 5.73 Å². The van der Waals surface area contributed by atoms with Gasteiger partial charge in [0.15, 0.2) is 0 Å². The van der Waals surface area contributed by atoms with Gasteiger partial charge in [0.2, 0.25) is 0 Å². The molecule has 0 amide bonds. The Balaban J connectivity index is 2.03. The van der Waals surface area contributed by atoms with Crippen molar-refractivity contribution >= 4 is 0 Å². The molecule has 2 aromatic rings. The quantitative estimate of drug-likeness (QED) is 0.888. The van der Waals surface area contributed by atoms with E-state index in [0.29, 0.717) is 0 Å². The van der Waals surface area contributed by atoms with Crippen LogP contribution in [-0.2, 0) is 20.5 Å². The second-order valence-corrected chi connectivity index (χ2v) is 4.87. The summed E-state index contributed by atoms with van der Waals surface area (Å²) in [5.41, 5.74) is 10.9. The number of nitrogens with zero attached hydrogens (tertiary/aromatic N) is 4. The molecule has 0 bridgehead atoms. The smallest absolute Gasteiger partial charge is 0.0628 e. The summed E-state index contributed by atoms with van der Waals surface area (Å²) in [7, 11) is 3.89. The SMILES string of the molecule is Cc1nn(C)c(C)c1CCC(N)c1cnn(C)c1. The second kappa shape index (κ2) is 4.94. The van der Waals surface area contributed by atoms with Crippen molar-refractivity contribution in [3.05, 3.63) is 34.9 Å². The van der Waals surface area contributed by atoms with Crippen molar-refractivity contribution < 1.29 is 0 Å². The van der Waals surface area contributed by atoms with Crippen LogP contribution in [0.2, 0.25) is 0 Å². The minimum absolute atomic E-state index is 0.0395. The van der Waals surface area contributed by atoms with E-state index in [2.05, 4.69) is 24.0 Å². The number of hydrogen-bond acceptors (Lipinski definition) is 3. The van der Waals surface area contributed by atoms with E-state index in [1.807, 2.05) is 31.2 Å². The van der Waals surface area contributed by atoms with Crippen LogP contribution in [0.3, 0.4) is 0 Å². The van der Waals surface area contributed by atoms with Crippen LogP contribution in [0.25, 0.3) is 0 Å². The summed E-state index contributed by atoms with van der Waals surface area (Å²) in [5.74, 6) is 0. The molecule has 5 heteroatoms. The predicted molar refractivity (Wildman–Crippen MR) is 71.1 cm³/mol. The van der Waals surface area contributed by atoms with Gasteiger partial charge in [0.25, 0.3) is 0 Å². The number of nitrogens with two attached hydrogens (primary N) is 1. The minimum Gasteiger partial charge on any atom is -0.324 e. The normalized spacial score (nSPS) is 12.9. The highest BCUT2D eigenvalue weighted by Crippen LogP contribution is 2.19. The van der Waals surface area contributed by atoms with Crippen molar-refractivity contribution in [3.8, 4) is 0 Å². The molecule has 0 saturated carbocycles. The maximum absolute atomic E-state index is 6.18. The van der Waals surface area contributed by atoms with Crippen LogP contribution in [0, 0.1) is 13.8 Å². The summed E-state index contributed by atoms with van der Waals surface area (Å²) < 4.78 is 3.72. The molecule has 0 aromatic carbocycles. The van der Waals surface area contributed by atoms with Gasteiger partial charge in [-0.1, -0.05) is 0 Å². The van der Waals surface area contributed by atoms with Gasteiger partial charge in [-0.3, -0.25) is 9.36 Å². The van der Waals surface area contributed by atoms with E-state index in [1.165, 1.54) is 11.3 Å². The Bertz CT molecular complexity index is 538. The molecule has 2 N–H and O–H groups in total. The van der Waals surface area contributed by atoms with Gasteiger partial charge >= 0.3 is 0 Å². The lowest BCUT2D eigenvalue weighted by Crippen LogP contribution is -2.11. The zero-order valence-corrected chi connectivity index (χ0v) is 11.5. The third-order valence-corrected chi connectivity index (χ3v) is 3.52. The highest BCUT2D eigenvalue weighted by molar-refractivity contribution is 5.25. The topological polar surface area (TPSA) is 61.7 Å². The van der Waals surface area contributed by atoms with Gasteiger partial charge in [-0.2, -0.15) is 10.2 Å². The summed E-state index contributed by atoms with van der Waals surface area (Å²) in [4.78, 5) is 0. The van der Waals surface area contributed by atoms with Crippen molar-refractivity contribution in [2.75, 3.05) is 0 Å². The van der Waals surface area contributed by atoms with Crippen LogP contribution in [0.4, 0.5) is 0 Å². The molecule has 0 aliphatic carbocycles. The largest absolute Gasteiger partial charge is 0.324 e. The predicted octanol–water partition coefficient (Wildman–Crippen LogP) is 1.40. The first-order chi connectivity index (χ1) is 8.49. The highest BCUT2D eigenvalue weighted by atomic mass is 15.3. The zero-order valence-electron chi connectivity index (χ0n) is 11.5. The molecule has 1 unspecified atom stereocenters. The molecule has 98 valence electrons. The summed E-state index contributed by atoms with van der Waals surface area (Å²) in [6.07, 6.45) is 5.70. The zero-order chi connectivity index (χ0) is 13.3. The Kier molecular flexibility index (Phi) is 3.52. The molecule has 2 heterocycles. The molecule has 0 aliphatic heterocycles. The first kappa shape index (κ1) is 12.8. The number of aromatic nitrogens is 4. The highest BCUT2D eigenvalue weighted by Gasteiger charge is 2.13. The van der Waals surface area contributed by atoms with E-state index in [1.54, 1.807) is 4.68 Å². The summed E-state index contributed by atoms with van der Waals surface area (Å²) >= 11 is 0. The second-order valence-electron chi connectivity index (χ2n) is 4.87. The van der Waals surface area contributed by atoms with E-state index in [-0.39, 0.29) is 6.04 Å². The molecule has 18 heavy (non-hydrogen) atoms. The molecule has 0 fully saturated rings. The van der Waals surface area contributed by atoms with Crippen LogP contribution in [0.1, 0.15) is 35.0 Å². The average Bonchev–Trinajstić information content (AvgIpc) is 2.83. The third-order valence-electron chi connectivity index (χ3n) is 3.52. The first-order valence-electron chi connectivity index (χ1n) is 6.22. The first-order valence-corrected chi connectivity index (χ1v) is 6.22. The van der Waals surface area contributed by atoms with Gasteiger partial charge in [0.05, 0.1) is 11.9 Å². The Morgan fingerprint density at radius 1 is 1.33 bits per heavy atom. The molecule has 0 aliphatic rings. The Hall–Kier alpha value is -1.62. The van der Waals surface area contributed by atoms with Gasteiger partial charge in [-0.15, -0.1) is 0 Å². The lowest BCUT2D eigenvalue weighted by Gasteiger charge is -2.09. The number of aryl methyl sites for hydroxylation is 3. The number of rotatable bonds is 4. The average molecular weight is 247 g/mol. The van der Waals surface area contributed by atoms with Crippen LogP contribution in [-0.4, -0.2) is 19.6 Å². The van der Waals surface area contributed by atoms with Crippen LogP contribution >= 0.6 is 0 Å². The summed E-state index contributed by atoms with van der Waals surface area (Å²) in [5, 5.41) is 8.58. The lowest BCUT2D eigenvalue weighted by molar-refractivity contribution is 0.646. The molecular weight excluding hydrogens is 226 g/mol. The summed E-state index contributed by atoms with van der Waals surface area (Å²) in [6.45, 7) is 4.16. The number of hydrogen-bond donors (Lipinski definition) is 1.